The maximum Gasteiger partial charge on any atom is 0.0881 e. The molecule has 3 nitrogen and oxygen atoms in total. The van der Waals surface area contributed by atoms with Crippen molar-refractivity contribution in [1.29, 1.82) is 0 Å². The molecule has 92 valence electrons. The van der Waals surface area contributed by atoms with Crippen LogP contribution in [0.25, 0.3) is 0 Å². The minimum absolute atomic E-state index is 0.139. The molecule has 2 unspecified atom stereocenters. The van der Waals surface area contributed by atoms with Gasteiger partial charge < -0.3 is 14.6 Å². The van der Waals surface area contributed by atoms with Crippen LogP contribution in [0.15, 0.2) is 11.6 Å². The summed E-state index contributed by atoms with van der Waals surface area (Å²) in [4.78, 5) is 0. The van der Waals surface area contributed by atoms with Gasteiger partial charge in [0.2, 0.25) is 0 Å². The van der Waals surface area contributed by atoms with Crippen molar-refractivity contribution in [2.45, 2.75) is 56.8 Å². The van der Waals surface area contributed by atoms with Crippen LogP contribution >= 0.6 is 0 Å². The first-order valence-corrected chi connectivity index (χ1v) is 6.30. The summed E-state index contributed by atoms with van der Waals surface area (Å²) in [5, 5.41) is 9.16. The van der Waals surface area contributed by atoms with Gasteiger partial charge in [0.15, 0.2) is 0 Å². The molecule has 0 aromatic heterocycles. The van der Waals surface area contributed by atoms with Gasteiger partial charge in [-0.05, 0) is 31.3 Å². The summed E-state index contributed by atoms with van der Waals surface area (Å²) >= 11 is 0. The Kier molecular flexibility index (Phi) is 4.38. The van der Waals surface area contributed by atoms with E-state index in [1.807, 2.05) is 0 Å². The van der Waals surface area contributed by atoms with Crippen LogP contribution in [0.2, 0.25) is 0 Å². The Balaban J connectivity index is 1.91. The molecule has 1 saturated carbocycles. The van der Waals surface area contributed by atoms with Crippen LogP contribution in [0, 0.1) is 0 Å². The Morgan fingerprint density at radius 1 is 1.31 bits per heavy atom. The third-order valence-electron chi connectivity index (χ3n) is 3.69. The first-order valence-electron chi connectivity index (χ1n) is 6.30. The second kappa shape index (κ2) is 5.80. The van der Waals surface area contributed by atoms with E-state index in [4.69, 9.17) is 14.6 Å². The molecule has 0 bridgehead atoms. The third-order valence-corrected chi connectivity index (χ3v) is 3.69. The van der Waals surface area contributed by atoms with E-state index in [1.165, 1.54) is 25.7 Å². The lowest BCUT2D eigenvalue weighted by atomic mass is 9.94. The Labute approximate surface area is 97.4 Å². The first-order chi connectivity index (χ1) is 7.83. The lowest BCUT2D eigenvalue weighted by Gasteiger charge is -2.32. The largest absolute Gasteiger partial charge is 0.392 e. The minimum Gasteiger partial charge on any atom is -0.392 e. The molecular formula is C13H22O3. The van der Waals surface area contributed by atoms with Crippen LogP contribution in [0.4, 0.5) is 0 Å². The molecule has 0 radical (unpaired) electrons. The van der Waals surface area contributed by atoms with Crippen molar-refractivity contribution >= 4 is 0 Å². The van der Waals surface area contributed by atoms with Crippen molar-refractivity contribution in [1.82, 2.24) is 0 Å². The predicted molar refractivity (Wildman–Crippen MR) is 62.3 cm³/mol. The highest BCUT2D eigenvalue weighted by atomic mass is 16.5. The maximum absolute atomic E-state index is 9.16. The molecule has 2 aliphatic rings. The Morgan fingerprint density at radius 2 is 2.06 bits per heavy atom. The van der Waals surface area contributed by atoms with Gasteiger partial charge in [0, 0.05) is 7.11 Å². The van der Waals surface area contributed by atoms with Gasteiger partial charge in [-0.1, -0.05) is 18.9 Å². The van der Waals surface area contributed by atoms with Gasteiger partial charge in [-0.15, -0.1) is 0 Å². The summed E-state index contributed by atoms with van der Waals surface area (Å²) in [7, 11) is 1.74. The molecule has 1 N–H and O–H groups in total. The molecular weight excluding hydrogens is 204 g/mol. The molecule has 0 aromatic rings. The second-order valence-electron chi connectivity index (χ2n) is 4.82. The predicted octanol–water partition coefficient (Wildman–Crippen LogP) is 2.04. The number of hydrogen-bond acceptors (Lipinski definition) is 3. The summed E-state index contributed by atoms with van der Waals surface area (Å²) < 4.78 is 11.6. The normalized spacial score (nSPS) is 31.8. The summed E-state index contributed by atoms with van der Waals surface area (Å²) in [6.45, 7) is 0.154. The third kappa shape index (κ3) is 2.84. The second-order valence-corrected chi connectivity index (χ2v) is 4.82. The average molecular weight is 226 g/mol. The molecule has 0 saturated heterocycles. The van der Waals surface area contributed by atoms with Gasteiger partial charge in [0.25, 0.3) is 0 Å². The fraction of sp³-hybridized carbons (Fsp3) is 0.846. The monoisotopic (exact) mass is 226 g/mol. The van der Waals surface area contributed by atoms with Gasteiger partial charge in [0.05, 0.1) is 24.9 Å². The Hall–Kier alpha value is -0.380. The van der Waals surface area contributed by atoms with Crippen LogP contribution in [-0.2, 0) is 9.47 Å². The maximum atomic E-state index is 9.16. The quantitative estimate of drug-likeness (QED) is 0.746. The van der Waals surface area contributed by atoms with E-state index in [0.29, 0.717) is 6.10 Å². The van der Waals surface area contributed by atoms with E-state index >= 15 is 0 Å². The van der Waals surface area contributed by atoms with Crippen LogP contribution in [0.5, 0.6) is 0 Å². The highest BCUT2D eigenvalue weighted by Gasteiger charge is 2.29. The van der Waals surface area contributed by atoms with E-state index in [2.05, 4.69) is 6.08 Å². The first kappa shape index (κ1) is 12.1. The molecule has 0 amide bonds. The van der Waals surface area contributed by atoms with Crippen LogP contribution in [-0.4, -0.2) is 37.1 Å². The highest BCUT2D eigenvalue weighted by molar-refractivity contribution is 5.10. The number of aliphatic hydroxyl groups excluding tert-OH is 1. The standard InChI is InChI=1S/C13H22O3/c1-15-12-7-6-10(9-14)8-13(12)16-11-4-2-3-5-11/h6,11-14H,2-5,7-9H2,1H3. The molecule has 0 aliphatic heterocycles. The molecule has 16 heavy (non-hydrogen) atoms. The van der Waals surface area contributed by atoms with Crippen molar-refractivity contribution in [3.63, 3.8) is 0 Å². The van der Waals surface area contributed by atoms with Crippen LogP contribution in [0.1, 0.15) is 38.5 Å². The van der Waals surface area contributed by atoms with Crippen molar-refractivity contribution in [3.8, 4) is 0 Å². The number of aliphatic hydroxyl groups is 1. The van der Waals surface area contributed by atoms with Gasteiger partial charge in [-0.25, -0.2) is 0 Å². The average Bonchev–Trinajstić information content (AvgIpc) is 2.82. The number of rotatable bonds is 4. The highest BCUT2D eigenvalue weighted by Crippen LogP contribution is 2.29. The summed E-state index contributed by atoms with van der Waals surface area (Å²) in [6, 6.07) is 0. The van der Waals surface area contributed by atoms with E-state index in [9.17, 15) is 0 Å². The van der Waals surface area contributed by atoms with Gasteiger partial charge in [-0.3, -0.25) is 0 Å². The zero-order valence-corrected chi connectivity index (χ0v) is 10.0. The zero-order valence-electron chi connectivity index (χ0n) is 10.0. The topological polar surface area (TPSA) is 38.7 Å². The number of hydrogen-bond donors (Lipinski definition) is 1. The fourth-order valence-corrected chi connectivity index (χ4v) is 2.69. The van der Waals surface area contributed by atoms with E-state index in [-0.39, 0.29) is 18.8 Å². The fourth-order valence-electron chi connectivity index (χ4n) is 2.69. The lowest BCUT2D eigenvalue weighted by molar-refractivity contribution is -0.0900. The van der Waals surface area contributed by atoms with Crippen molar-refractivity contribution < 1.29 is 14.6 Å². The van der Waals surface area contributed by atoms with Crippen molar-refractivity contribution in [3.05, 3.63) is 11.6 Å². The molecule has 0 spiro atoms. The molecule has 0 aromatic carbocycles. The van der Waals surface area contributed by atoms with Crippen molar-refractivity contribution in [2.24, 2.45) is 0 Å². The lowest BCUT2D eigenvalue weighted by Crippen LogP contribution is -2.36. The summed E-state index contributed by atoms with van der Waals surface area (Å²) in [5.41, 5.74) is 1.09. The Bertz CT molecular complexity index is 244. The summed E-state index contributed by atoms with van der Waals surface area (Å²) in [6.07, 6.45) is 9.45. The summed E-state index contributed by atoms with van der Waals surface area (Å²) in [5.74, 6) is 0. The molecule has 3 heteroatoms. The van der Waals surface area contributed by atoms with E-state index in [0.717, 1.165) is 18.4 Å². The van der Waals surface area contributed by atoms with E-state index < -0.39 is 0 Å². The molecule has 1 fully saturated rings. The van der Waals surface area contributed by atoms with Crippen molar-refractivity contribution in [2.75, 3.05) is 13.7 Å². The van der Waals surface area contributed by atoms with Gasteiger partial charge in [-0.2, -0.15) is 0 Å². The molecule has 0 heterocycles. The molecule has 2 aliphatic carbocycles. The number of methoxy groups -OCH3 is 1. The van der Waals surface area contributed by atoms with Gasteiger partial charge in [0.1, 0.15) is 0 Å². The Morgan fingerprint density at radius 3 is 2.69 bits per heavy atom. The molecule has 2 rings (SSSR count). The SMILES string of the molecule is COC1CC=C(CO)CC1OC1CCCC1. The van der Waals surface area contributed by atoms with E-state index in [1.54, 1.807) is 7.11 Å². The molecule has 2 atom stereocenters. The smallest absolute Gasteiger partial charge is 0.0881 e. The van der Waals surface area contributed by atoms with Gasteiger partial charge >= 0.3 is 0 Å². The number of ether oxygens (including phenoxy) is 2. The van der Waals surface area contributed by atoms with Crippen LogP contribution in [0.3, 0.4) is 0 Å². The zero-order chi connectivity index (χ0) is 11.4. The minimum atomic E-state index is 0.139. The van der Waals surface area contributed by atoms with Crippen LogP contribution < -0.4 is 0 Å².